The van der Waals surface area contributed by atoms with Crippen molar-refractivity contribution < 1.29 is 4.39 Å². The maximum atomic E-state index is 13.0. The Morgan fingerprint density at radius 3 is 2.33 bits per heavy atom. The van der Waals surface area contributed by atoms with Crippen LogP contribution in [0.1, 0.15) is 0 Å². The van der Waals surface area contributed by atoms with Crippen LogP contribution in [-0.2, 0) is 0 Å². The molecule has 0 aliphatic carbocycles. The molecule has 0 radical (unpaired) electrons. The van der Waals surface area contributed by atoms with Crippen LogP contribution in [0, 0.1) is 5.82 Å². The molecular formula is C10H7FS. The second-order valence-corrected chi connectivity index (χ2v) is 3.38. The van der Waals surface area contributed by atoms with Gasteiger partial charge in [-0.3, -0.25) is 0 Å². The van der Waals surface area contributed by atoms with E-state index in [2.05, 4.69) is 0 Å². The van der Waals surface area contributed by atoms with Gasteiger partial charge in [-0.15, -0.1) is 11.3 Å². The van der Waals surface area contributed by atoms with E-state index in [-0.39, 0.29) is 5.82 Å². The number of thiophene rings is 1. The maximum absolute atomic E-state index is 13.0. The highest BCUT2D eigenvalue weighted by atomic mass is 32.1. The van der Waals surface area contributed by atoms with Crippen molar-refractivity contribution in [3.63, 3.8) is 0 Å². The van der Waals surface area contributed by atoms with E-state index in [1.54, 1.807) is 5.38 Å². The summed E-state index contributed by atoms with van der Waals surface area (Å²) >= 11 is 1.43. The summed E-state index contributed by atoms with van der Waals surface area (Å²) < 4.78 is 13.0. The van der Waals surface area contributed by atoms with Crippen molar-refractivity contribution in [3.8, 4) is 10.4 Å². The van der Waals surface area contributed by atoms with Crippen LogP contribution in [0.5, 0.6) is 0 Å². The molecule has 2 heteroatoms. The number of rotatable bonds is 1. The number of hydrogen-bond donors (Lipinski definition) is 0. The lowest BCUT2D eigenvalue weighted by Crippen LogP contribution is -1.73. The molecule has 0 unspecified atom stereocenters. The van der Waals surface area contributed by atoms with E-state index in [4.69, 9.17) is 0 Å². The van der Waals surface area contributed by atoms with Crippen LogP contribution in [-0.4, -0.2) is 0 Å². The van der Waals surface area contributed by atoms with Crippen molar-refractivity contribution in [2.75, 3.05) is 0 Å². The summed E-state index contributed by atoms with van der Waals surface area (Å²) in [5.74, 6) is -0.133. The SMILES string of the molecule is Fc1ccsc1-c1ccccc1. The molecule has 2 rings (SSSR count). The van der Waals surface area contributed by atoms with E-state index in [9.17, 15) is 4.39 Å². The van der Waals surface area contributed by atoms with Gasteiger partial charge < -0.3 is 0 Å². The number of benzene rings is 1. The summed E-state index contributed by atoms with van der Waals surface area (Å²) in [6.07, 6.45) is 0. The van der Waals surface area contributed by atoms with Gasteiger partial charge in [-0.2, -0.15) is 0 Å². The van der Waals surface area contributed by atoms with Crippen molar-refractivity contribution >= 4 is 11.3 Å². The molecule has 0 spiro atoms. The van der Waals surface area contributed by atoms with E-state index >= 15 is 0 Å². The average Bonchev–Trinajstić information content (AvgIpc) is 2.53. The molecule has 2 aromatic rings. The van der Waals surface area contributed by atoms with E-state index in [0.717, 1.165) is 10.4 Å². The Morgan fingerprint density at radius 2 is 1.75 bits per heavy atom. The second kappa shape index (κ2) is 3.07. The van der Waals surface area contributed by atoms with Gasteiger partial charge in [0.2, 0.25) is 0 Å². The Bertz CT molecular complexity index is 364. The van der Waals surface area contributed by atoms with E-state index in [0.29, 0.717) is 0 Å². The van der Waals surface area contributed by atoms with Crippen LogP contribution < -0.4 is 0 Å². The van der Waals surface area contributed by atoms with Crippen LogP contribution in [0.15, 0.2) is 41.8 Å². The van der Waals surface area contributed by atoms with Crippen LogP contribution in [0.4, 0.5) is 4.39 Å². The zero-order valence-electron chi connectivity index (χ0n) is 6.33. The van der Waals surface area contributed by atoms with Gasteiger partial charge in [-0.05, 0) is 17.0 Å². The van der Waals surface area contributed by atoms with Gasteiger partial charge >= 0.3 is 0 Å². The number of halogens is 1. The summed E-state index contributed by atoms with van der Waals surface area (Å²) in [6, 6.07) is 11.1. The lowest BCUT2D eigenvalue weighted by molar-refractivity contribution is 0.636. The minimum absolute atomic E-state index is 0.133. The lowest BCUT2D eigenvalue weighted by atomic mass is 10.2. The molecule has 0 bridgehead atoms. The van der Waals surface area contributed by atoms with Crippen molar-refractivity contribution in [2.24, 2.45) is 0 Å². The summed E-state index contributed by atoms with van der Waals surface area (Å²) in [6.45, 7) is 0. The topological polar surface area (TPSA) is 0 Å². The Labute approximate surface area is 74.3 Å². The molecule has 1 heterocycles. The zero-order valence-corrected chi connectivity index (χ0v) is 7.14. The van der Waals surface area contributed by atoms with Crippen molar-refractivity contribution in [1.82, 2.24) is 0 Å². The standard InChI is InChI=1S/C10H7FS/c11-9-6-7-12-10(9)8-4-2-1-3-5-8/h1-7H. The first-order valence-corrected chi connectivity index (χ1v) is 4.54. The third-order valence-corrected chi connectivity index (χ3v) is 2.59. The van der Waals surface area contributed by atoms with E-state index in [1.165, 1.54) is 17.4 Å². The van der Waals surface area contributed by atoms with E-state index < -0.39 is 0 Å². The molecule has 0 saturated heterocycles. The molecule has 0 N–H and O–H groups in total. The zero-order chi connectivity index (χ0) is 8.39. The average molecular weight is 178 g/mol. The molecule has 0 amide bonds. The molecule has 0 saturated carbocycles. The van der Waals surface area contributed by atoms with Gasteiger partial charge in [0.05, 0.1) is 4.88 Å². The largest absolute Gasteiger partial charge is 0.205 e. The smallest absolute Gasteiger partial charge is 0.141 e. The first kappa shape index (κ1) is 7.50. The molecule has 0 aliphatic heterocycles. The fourth-order valence-corrected chi connectivity index (χ4v) is 1.87. The molecule has 0 aliphatic rings. The van der Waals surface area contributed by atoms with Gasteiger partial charge in [-0.25, -0.2) is 4.39 Å². The van der Waals surface area contributed by atoms with Crippen molar-refractivity contribution in [3.05, 3.63) is 47.6 Å². The fourth-order valence-electron chi connectivity index (χ4n) is 1.09. The Morgan fingerprint density at radius 1 is 1.00 bits per heavy atom. The van der Waals surface area contributed by atoms with Crippen LogP contribution >= 0.6 is 11.3 Å². The van der Waals surface area contributed by atoms with Gasteiger partial charge in [0, 0.05) is 0 Å². The minimum atomic E-state index is -0.133. The van der Waals surface area contributed by atoms with Gasteiger partial charge in [-0.1, -0.05) is 30.3 Å². The van der Waals surface area contributed by atoms with Crippen molar-refractivity contribution in [2.45, 2.75) is 0 Å². The monoisotopic (exact) mass is 178 g/mol. The fraction of sp³-hybridized carbons (Fsp3) is 0. The second-order valence-electron chi connectivity index (χ2n) is 2.46. The quantitative estimate of drug-likeness (QED) is 0.626. The van der Waals surface area contributed by atoms with Gasteiger partial charge in [0.1, 0.15) is 5.82 Å². The highest BCUT2D eigenvalue weighted by molar-refractivity contribution is 7.13. The Kier molecular flexibility index (Phi) is 1.92. The molecule has 12 heavy (non-hydrogen) atoms. The van der Waals surface area contributed by atoms with Gasteiger partial charge in [0.15, 0.2) is 0 Å². The Hall–Kier alpha value is -1.15. The van der Waals surface area contributed by atoms with Crippen molar-refractivity contribution in [1.29, 1.82) is 0 Å². The highest BCUT2D eigenvalue weighted by Gasteiger charge is 2.04. The number of hydrogen-bond acceptors (Lipinski definition) is 1. The molecule has 0 atom stereocenters. The van der Waals surface area contributed by atoms with Crippen LogP contribution in [0.3, 0.4) is 0 Å². The first-order chi connectivity index (χ1) is 5.88. The maximum Gasteiger partial charge on any atom is 0.141 e. The summed E-state index contributed by atoms with van der Waals surface area (Å²) in [7, 11) is 0. The summed E-state index contributed by atoms with van der Waals surface area (Å²) in [5, 5.41) is 1.76. The van der Waals surface area contributed by atoms with E-state index in [1.807, 2.05) is 30.3 Å². The first-order valence-electron chi connectivity index (χ1n) is 3.66. The highest BCUT2D eigenvalue weighted by Crippen LogP contribution is 2.27. The van der Waals surface area contributed by atoms with Crippen LogP contribution in [0.2, 0.25) is 0 Å². The lowest BCUT2D eigenvalue weighted by Gasteiger charge is -1.95. The third kappa shape index (κ3) is 1.25. The minimum Gasteiger partial charge on any atom is -0.205 e. The summed E-state index contributed by atoms with van der Waals surface area (Å²) in [4.78, 5) is 0.718. The molecule has 1 aromatic carbocycles. The third-order valence-electron chi connectivity index (χ3n) is 1.65. The molecule has 60 valence electrons. The van der Waals surface area contributed by atoms with Crippen LogP contribution in [0.25, 0.3) is 10.4 Å². The Balaban J connectivity index is 2.51. The van der Waals surface area contributed by atoms with Gasteiger partial charge in [0.25, 0.3) is 0 Å². The predicted molar refractivity (Wildman–Crippen MR) is 49.7 cm³/mol. The molecular weight excluding hydrogens is 171 g/mol. The summed E-state index contributed by atoms with van der Waals surface area (Å²) in [5.41, 5.74) is 0.949. The normalized spacial score (nSPS) is 10.1. The molecule has 0 nitrogen and oxygen atoms in total. The molecule has 0 fully saturated rings. The predicted octanol–water partition coefficient (Wildman–Crippen LogP) is 3.55. The molecule has 1 aromatic heterocycles.